The first-order chi connectivity index (χ1) is 7.18. The molecule has 0 aromatic rings. The van der Waals surface area contributed by atoms with Crippen molar-refractivity contribution in [2.24, 2.45) is 0 Å². The van der Waals surface area contributed by atoms with Gasteiger partial charge in [0.15, 0.2) is 0 Å². The van der Waals surface area contributed by atoms with Crippen LogP contribution in [0.15, 0.2) is 12.2 Å². The van der Waals surface area contributed by atoms with Gasteiger partial charge in [0.05, 0.1) is 12.2 Å². The SMILES string of the molecule is C=C(C)CCOC1(CCNCC)CCC1. The summed E-state index contributed by atoms with van der Waals surface area (Å²) in [6, 6.07) is 0. The van der Waals surface area contributed by atoms with Crippen molar-refractivity contribution in [1.82, 2.24) is 5.32 Å². The molecule has 1 rings (SSSR count). The Morgan fingerprint density at radius 1 is 1.47 bits per heavy atom. The summed E-state index contributed by atoms with van der Waals surface area (Å²) in [6.45, 7) is 11.1. The molecule has 0 amide bonds. The highest BCUT2D eigenvalue weighted by molar-refractivity contribution is 4.92. The summed E-state index contributed by atoms with van der Waals surface area (Å²) < 4.78 is 6.02. The largest absolute Gasteiger partial charge is 0.375 e. The molecular formula is C13H25NO. The van der Waals surface area contributed by atoms with Crippen LogP contribution in [0.2, 0.25) is 0 Å². The molecule has 0 aromatic heterocycles. The Labute approximate surface area is 94.1 Å². The molecule has 0 radical (unpaired) electrons. The third-order valence-corrected chi connectivity index (χ3v) is 3.21. The van der Waals surface area contributed by atoms with E-state index < -0.39 is 0 Å². The second-order valence-electron chi connectivity index (χ2n) is 4.70. The van der Waals surface area contributed by atoms with E-state index in [-0.39, 0.29) is 5.60 Å². The first-order valence-electron chi connectivity index (χ1n) is 6.17. The summed E-state index contributed by atoms with van der Waals surface area (Å²) >= 11 is 0. The zero-order valence-electron chi connectivity index (χ0n) is 10.3. The number of ether oxygens (including phenoxy) is 1. The smallest absolute Gasteiger partial charge is 0.0694 e. The van der Waals surface area contributed by atoms with Crippen LogP contribution in [0.1, 0.15) is 46.0 Å². The average molecular weight is 211 g/mol. The molecule has 1 aliphatic carbocycles. The van der Waals surface area contributed by atoms with Crippen molar-refractivity contribution >= 4 is 0 Å². The van der Waals surface area contributed by atoms with E-state index in [1.54, 1.807) is 0 Å². The van der Waals surface area contributed by atoms with Crippen molar-refractivity contribution in [2.75, 3.05) is 19.7 Å². The molecule has 0 aromatic carbocycles. The zero-order chi connectivity index (χ0) is 11.1. The molecular weight excluding hydrogens is 186 g/mol. The van der Waals surface area contributed by atoms with E-state index in [1.807, 2.05) is 0 Å². The second-order valence-corrected chi connectivity index (χ2v) is 4.70. The van der Waals surface area contributed by atoms with Crippen LogP contribution in [-0.2, 0) is 4.74 Å². The maximum Gasteiger partial charge on any atom is 0.0694 e. The van der Waals surface area contributed by atoms with Crippen molar-refractivity contribution in [1.29, 1.82) is 0 Å². The molecule has 0 bridgehead atoms. The predicted octanol–water partition coefficient (Wildman–Crippen LogP) is 2.89. The molecule has 1 fully saturated rings. The summed E-state index contributed by atoms with van der Waals surface area (Å²) in [5, 5.41) is 3.37. The lowest BCUT2D eigenvalue weighted by atomic mass is 9.77. The van der Waals surface area contributed by atoms with Gasteiger partial charge >= 0.3 is 0 Å². The Kier molecular flexibility index (Phi) is 5.34. The summed E-state index contributed by atoms with van der Waals surface area (Å²) in [4.78, 5) is 0. The van der Waals surface area contributed by atoms with Crippen LogP contribution in [0.25, 0.3) is 0 Å². The Morgan fingerprint density at radius 3 is 2.67 bits per heavy atom. The highest BCUT2D eigenvalue weighted by Gasteiger charge is 2.37. The highest BCUT2D eigenvalue weighted by Crippen LogP contribution is 2.38. The monoisotopic (exact) mass is 211 g/mol. The lowest BCUT2D eigenvalue weighted by molar-refractivity contribution is -0.103. The number of hydrogen-bond donors (Lipinski definition) is 1. The quantitative estimate of drug-likeness (QED) is 0.492. The van der Waals surface area contributed by atoms with Crippen molar-refractivity contribution < 1.29 is 4.74 Å². The van der Waals surface area contributed by atoms with Gasteiger partial charge in [0, 0.05) is 0 Å². The Balaban J connectivity index is 2.17. The van der Waals surface area contributed by atoms with E-state index in [9.17, 15) is 0 Å². The van der Waals surface area contributed by atoms with Crippen LogP contribution in [0.5, 0.6) is 0 Å². The lowest BCUT2D eigenvalue weighted by Crippen LogP contribution is -2.42. The Hall–Kier alpha value is -0.340. The molecule has 0 spiro atoms. The molecule has 0 atom stereocenters. The van der Waals surface area contributed by atoms with Gasteiger partial charge in [-0.15, -0.1) is 6.58 Å². The van der Waals surface area contributed by atoms with Crippen LogP contribution < -0.4 is 5.32 Å². The summed E-state index contributed by atoms with van der Waals surface area (Å²) in [6.07, 6.45) is 5.99. The van der Waals surface area contributed by atoms with Gasteiger partial charge in [0.1, 0.15) is 0 Å². The average Bonchev–Trinajstić information content (AvgIpc) is 2.12. The van der Waals surface area contributed by atoms with Gasteiger partial charge in [-0.2, -0.15) is 0 Å². The molecule has 2 nitrogen and oxygen atoms in total. The van der Waals surface area contributed by atoms with Crippen LogP contribution in [0.3, 0.4) is 0 Å². The minimum atomic E-state index is 0.206. The summed E-state index contributed by atoms with van der Waals surface area (Å²) in [5.74, 6) is 0. The molecule has 2 heteroatoms. The van der Waals surface area contributed by atoms with Gasteiger partial charge in [-0.05, 0) is 52.1 Å². The van der Waals surface area contributed by atoms with Gasteiger partial charge in [-0.1, -0.05) is 12.5 Å². The fourth-order valence-corrected chi connectivity index (χ4v) is 1.97. The van der Waals surface area contributed by atoms with E-state index in [0.717, 1.165) is 32.5 Å². The first-order valence-corrected chi connectivity index (χ1v) is 6.17. The second kappa shape index (κ2) is 6.29. The molecule has 0 aliphatic heterocycles. The fraction of sp³-hybridized carbons (Fsp3) is 0.846. The molecule has 0 unspecified atom stereocenters. The molecule has 1 N–H and O–H groups in total. The van der Waals surface area contributed by atoms with Crippen LogP contribution >= 0.6 is 0 Å². The van der Waals surface area contributed by atoms with Gasteiger partial charge in [-0.25, -0.2) is 0 Å². The summed E-state index contributed by atoms with van der Waals surface area (Å²) in [7, 11) is 0. The van der Waals surface area contributed by atoms with Crippen molar-refractivity contribution in [2.45, 2.75) is 51.6 Å². The Morgan fingerprint density at radius 2 is 2.20 bits per heavy atom. The van der Waals surface area contributed by atoms with Crippen LogP contribution in [0, 0.1) is 0 Å². The van der Waals surface area contributed by atoms with Crippen LogP contribution in [-0.4, -0.2) is 25.3 Å². The normalized spacial score (nSPS) is 18.5. The lowest BCUT2D eigenvalue weighted by Gasteiger charge is -2.42. The molecule has 0 heterocycles. The first kappa shape index (κ1) is 12.7. The van der Waals surface area contributed by atoms with Gasteiger partial charge < -0.3 is 10.1 Å². The van der Waals surface area contributed by atoms with E-state index in [4.69, 9.17) is 4.74 Å². The van der Waals surface area contributed by atoms with Gasteiger partial charge in [0.2, 0.25) is 0 Å². The standard InChI is InChI=1S/C13H25NO/c1-4-14-10-9-13(7-5-8-13)15-11-6-12(2)3/h14H,2,4-11H2,1,3H3. The summed E-state index contributed by atoms with van der Waals surface area (Å²) in [5.41, 5.74) is 1.42. The van der Waals surface area contributed by atoms with Gasteiger partial charge in [0.25, 0.3) is 0 Å². The molecule has 15 heavy (non-hydrogen) atoms. The van der Waals surface area contributed by atoms with E-state index in [2.05, 4.69) is 25.7 Å². The molecule has 1 aliphatic rings. The minimum Gasteiger partial charge on any atom is -0.375 e. The van der Waals surface area contributed by atoms with Crippen molar-refractivity contribution in [3.05, 3.63) is 12.2 Å². The van der Waals surface area contributed by atoms with Crippen LogP contribution in [0.4, 0.5) is 0 Å². The maximum atomic E-state index is 6.02. The third kappa shape index (κ3) is 4.35. The topological polar surface area (TPSA) is 21.3 Å². The Bertz CT molecular complexity index is 197. The predicted molar refractivity (Wildman–Crippen MR) is 65.1 cm³/mol. The van der Waals surface area contributed by atoms with E-state index in [1.165, 1.54) is 24.8 Å². The zero-order valence-corrected chi connectivity index (χ0v) is 10.3. The highest BCUT2D eigenvalue weighted by atomic mass is 16.5. The fourth-order valence-electron chi connectivity index (χ4n) is 1.97. The molecule has 88 valence electrons. The number of rotatable bonds is 8. The number of hydrogen-bond acceptors (Lipinski definition) is 2. The third-order valence-electron chi connectivity index (χ3n) is 3.21. The van der Waals surface area contributed by atoms with Gasteiger partial charge in [-0.3, -0.25) is 0 Å². The minimum absolute atomic E-state index is 0.206. The molecule has 1 saturated carbocycles. The van der Waals surface area contributed by atoms with Crippen molar-refractivity contribution in [3.8, 4) is 0 Å². The van der Waals surface area contributed by atoms with E-state index >= 15 is 0 Å². The molecule has 0 saturated heterocycles. The van der Waals surface area contributed by atoms with E-state index in [0.29, 0.717) is 0 Å². The maximum absolute atomic E-state index is 6.02. The number of nitrogens with one attached hydrogen (secondary N) is 1. The van der Waals surface area contributed by atoms with Crippen molar-refractivity contribution in [3.63, 3.8) is 0 Å².